The van der Waals surface area contributed by atoms with Gasteiger partial charge in [0.15, 0.2) is 0 Å². The molecule has 0 spiro atoms. The van der Waals surface area contributed by atoms with E-state index in [-0.39, 0.29) is 10.8 Å². The summed E-state index contributed by atoms with van der Waals surface area (Å²) in [5, 5.41) is 0. The Morgan fingerprint density at radius 3 is 2.55 bits per heavy atom. The van der Waals surface area contributed by atoms with Gasteiger partial charge in [0.25, 0.3) is 10.0 Å². The van der Waals surface area contributed by atoms with E-state index in [0.717, 1.165) is 5.56 Å². The Morgan fingerprint density at radius 2 is 1.90 bits per heavy atom. The average molecular weight is 288 g/mol. The van der Waals surface area contributed by atoms with E-state index in [1.165, 1.54) is 22.6 Å². The highest BCUT2D eigenvalue weighted by atomic mass is 32.2. The molecular formula is C14H12N2O3S. The van der Waals surface area contributed by atoms with Crippen LogP contribution in [0.4, 0.5) is 0 Å². The lowest BCUT2D eigenvalue weighted by Crippen LogP contribution is -2.13. The molecule has 0 fully saturated rings. The smallest absolute Gasteiger partial charge is 0.268 e. The molecule has 0 N–H and O–H groups in total. The molecule has 5 nitrogen and oxygen atoms in total. The molecule has 0 aliphatic heterocycles. The molecule has 0 saturated heterocycles. The van der Waals surface area contributed by atoms with Gasteiger partial charge >= 0.3 is 0 Å². The lowest BCUT2D eigenvalue weighted by atomic mass is 10.2. The first-order valence-electron chi connectivity index (χ1n) is 5.98. The van der Waals surface area contributed by atoms with Crippen molar-refractivity contribution in [1.29, 1.82) is 0 Å². The standard InChI is InChI=1S/C14H12N2O3S/c1-11-4-6-12(7-5-11)20(17,18)16-9-2-3-13(16)14-15-8-10-19-14/h2-10H,1H3. The lowest BCUT2D eigenvalue weighted by molar-refractivity contribution is 0.565. The first-order chi connectivity index (χ1) is 9.59. The van der Waals surface area contributed by atoms with Crippen molar-refractivity contribution in [2.75, 3.05) is 0 Å². The lowest BCUT2D eigenvalue weighted by Gasteiger charge is -2.08. The van der Waals surface area contributed by atoms with Crippen molar-refractivity contribution < 1.29 is 12.8 Å². The summed E-state index contributed by atoms with van der Waals surface area (Å²) >= 11 is 0. The van der Waals surface area contributed by atoms with Crippen molar-refractivity contribution in [3.05, 3.63) is 60.6 Å². The summed E-state index contributed by atoms with van der Waals surface area (Å²) in [7, 11) is -3.65. The molecule has 0 bridgehead atoms. The summed E-state index contributed by atoms with van der Waals surface area (Å²) in [4.78, 5) is 4.22. The van der Waals surface area contributed by atoms with E-state index in [4.69, 9.17) is 4.42 Å². The van der Waals surface area contributed by atoms with Gasteiger partial charge in [0.1, 0.15) is 12.0 Å². The highest BCUT2D eigenvalue weighted by Crippen LogP contribution is 2.23. The maximum atomic E-state index is 12.6. The minimum atomic E-state index is -3.65. The van der Waals surface area contributed by atoms with Crippen molar-refractivity contribution in [3.63, 3.8) is 0 Å². The van der Waals surface area contributed by atoms with Crippen LogP contribution in [0.25, 0.3) is 11.6 Å². The molecule has 2 heterocycles. The summed E-state index contributed by atoms with van der Waals surface area (Å²) in [6, 6.07) is 10.00. The fourth-order valence-corrected chi connectivity index (χ4v) is 3.25. The highest BCUT2D eigenvalue weighted by molar-refractivity contribution is 7.90. The van der Waals surface area contributed by atoms with E-state index in [1.54, 1.807) is 36.4 Å². The zero-order valence-corrected chi connectivity index (χ0v) is 11.5. The Balaban J connectivity index is 2.14. The number of benzene rings is 1. The minimum absolute atomic E-state index is 0.229. The maximum absolute atomic E-state index is 12.6. The number of nitrogens with zero attached hydrogens (tertiary/aromatic N) is 2. The first kappa shape index (κ1) is 12.7. The molecule has 0 aliphatic carbocycles. The molecule has 6 heteroatoms. The Kier molecular flexibility index (Phi) is 2.94. The van der Waals surface area contributed by atoms with E-state index in [9.17, 15) is 8.42 Å². The Labute approximate surface area is 116 Å². The molecule has 3 rings (SSSR count). The highest BCUT2D eigenvalue weighted by Gasteiger charge is 2.21. The minimum Gasteiger partial charge on any atom is -0.443 e. The summed E-state index contributed by atoms with van der Waals surface area (Å²) in [5.74, 6) is 0.269. The largest absolute Gasteiger partial charge is 0.443 e. The molecule has 0 amide bonds. The van der Waals surface area contributed by atoms with Crippen LogP contribution in [0.1, 0.15) is 5.56 Å². The predicted molar refractivity (Wildman–Crippen MR) is 73.7 cm³/mol. The fraction of sp³-hybridized carbons (Fsp3) is 0.0714. The molecule has 0 unspecified atom stereocenters. The molecule has 2 aromatic heterocycles. The van der Waals surface area contributed by atoms with Crippen LogP contribution in [-0.4, -0.2) is 17.4 Å². The Hall–Kier alpha value is -2.34. The zero-order chi connectivity index (χ0) is 14.2. The van der Waals surface area contributed by atoms with Gasteiger partial charge in [-0.25, -0.2) is 17.4 Å². The molecule has 20 heavy (non-hydrogen) atoms. The third-order valence-electron chi connectivity index (χ3n) is 2.94. The summed E-state index contributed by atoms with van der Waals surface area (Å²) in [5.41, 5.74) is 1.40. The molecule has 0 aliphatic rings. The van der Waals surface area contributed by atoms with Gasteiger partial charge in [-0.3, -0.25) is 0 Å². The van der Waals surface area contributed by atoms with Crippen LogP contribution in [-0.2, 0) is 10.0 Å². The van der Waals surface area contributed by atoms with Gasteiger partial charge in [0.05, 0.1) is 11.1 Å². The third kappa shape index (κ3) is 2.04. The van der Waals surface area contributed by atoms with Gasteiger partial charge in [-0.15, -0.1) is 0 Å². The number of rotatable bonds is 3. The number of hydrogen-bond acceptors (Lipinski definition) is 4. The van der Waals surface area contributed by atoms with Crippen molar-refractivity contribution in [3.8, 4) is 11.6 Å². The normalized spacial score (nSPS) is 11.7. The third-order valence-corrected chi connectivity index (χ3v) is 4.65. The van der Waals surface area contributed by atoms with E-state index >= 15 is 0 Å². The van der Waals surface area contributed by atoms with E-state index in [2.05, 4.69) is 4.98 Å². The van der Waals surface area contributed by atoms with Gasteiger partial charge < -0.3 is 4.42 Å². The van der Waals surface area contributed by atoms with Gasteiger partial charge in [-0.05, 0) is 31.2 Å². The Morgan fingerprint density at radius 1 is 1.15 bits per heavy atom. The molecule has 102 valence electrons. The van der Waals surface area contributed by atoms with Crippen LogP contribution in [0.15, 0.2) is 64.4 Å². The summed E-state index contributed by atoms with van der Waals surface area (Å²) < 4.78 is 31.6. The zero-order valence-electron chi connectivity index (χ0n) is 10.7. The average Bonchev–Trinajstić information content (AvgIpc) is 3.10. The predicted octanol–water partition coefficient (Wildman–Crippen LogP) is 2.69. The van der Waals surface area contributed by atoms with Crippen LogP contribution in [0.5, 0.6) is 0 Å². The fourth-order valence-electron chi connectivity index (χ4n) is 1.92. The Bertz CT molecular complexity index is 816. The summed E-state index contributed by atoms with van der Waals surface area (Å²) in [6.45, 7) is 1.91. The number of aryl methyl sites for hydroxylation is 1. The monoisotopic (exact) mass is 288 g/mol. The topological polar surface area (TPSA) is 65.1 Å². The SMILES string of the molecule is Cc1ccc(S(=O)(=O)n2cccc2-c2ncco2)cc1. The quantitative estimate of drug-likeness (QED) is 0.743. The molecular weight excluding hydrogens is 276 g/mol. The van der Waals surface area contributed by atoms with E-state index in [0.29, 0.717) is 5.69 Å². The molecule has 0 saturated carbocycles. The first-order valence-corrected chi connectivity index (χ1v) is 7.42. The second kappa shape index (κ2) is 4.64. The van der Waals surface area contributed by atoms with E-state index < -0.39 is 10.0 Å². The van der Waals surface area contributed by atoms with E-state index in [1.807, 2.05) is 6.92 Å². The van der Waals surface area contributed by atoms with Crippen molar-refractivity contribution >= 4 is 10.0 Å². The molecule has 1 aromatic carbocycles. The van der Waals surface area contributed by atoms with Gasteiger partial charge in [0.2, 0.25) is 5.89 Å². The number of aromatic nitrogens is 2. The van der Waals surface area contributed by atoms with Crippen LogP contribution in [0, 0.1) is 6.92 Å². The van der Waals surface area contributed by atoms with Crippen LogP contribution in [0.3, 0.4) is 0 Å². The van der Waals surface area contributed by atoms with Crippen LogP contribution >= 0.6 is 0 Å². The number of hydrogen-bond donors (Lipinski definition) is 0. The number of oxazole rings is 1. The summed E-state index contributed by atoms with van der Waals surface area (Å²) in [6.07, 6.45) is 4.37. The molecule has 3 aromatic rings. The van der Waals surface area contributed by atoms with Gasteiger partial charge in [-0.2, -0.15) is 0 Å². The van der Waals surface area contributed by atoms with Crippen molar-refractivity contribution in [2.24, 2.45) is 0 Å². The maximum Gasteiger partial charge on any atom is 0.268 e. The second-order valence-electron chi connectivity index (χ2n) is 4.34. The van der Waals surface area contributed by atoms with Crippen molar-refractivity contribution in [1.82, 2.24) is 8.96 Å². The van der Waals surface area contributed by atoms with Crippen molar-refractivity contribution in [2.45, 2.75) is 11.8 Å². The van der Waals surface area contributed by atoms with Gasteiger partial charge in [-0.1, -0.05) is 17.7 Å². The molecule has 0 radical (unpaired) electrons. The van der Waals surface area contributed by atoms with Crippen LogP contribution in [0.2, 0.25) is 0 Å². The molecule has 0 atom stereocenters. The second-order valence-corrected chi connectivity index (χ2v) is 6.16. The van der Waals surface area contributed by atoms with Crippen LogP contribution < -0.4 is 0 Å². The van der Waals surface area contributed by atoms with Gasteiger partial charge in [0, 0.05) is 6.20 Å².